The summed E-state index contributed by atoms with van der Waals surface area (Å²) in [7, 11) is 0. The zero-order chi connectivity index (χ0) is 11.6. The molecule has 0 saturated carbocycles. The van der Waals surface area contributed by atoms with E-state index < -0.39 is 5.60 Å². The Balaban J connectivity index is 4.14. The van der Waals surface area contributed by atoms with Crippen LogP contribution in [0.15, 0.2) is 0 Å². The van der Waals surface area contributed by atoms with E-state index in [1.54, 1.807) is 6.92 Å². The van der Waals surface area contributed by atoms with E-state index in [1.807, 2.05) is 34.6 Å². The molecule has 0 radical (unpaired) electrons. The van der Waals surface area contributed by atoms with E-state index in [1.165, 1.54) is 0 Å². The van der Waals surface area contributed by atoms with Gasteiger partial charge in [-0.05, 0) is 19.3 Å². The van der Waals surface area contributed by atoms with E-state index in [-0.39, 0.29) is 17.1 Å². The smallest absolute Gasteiger partial charge is 0.138 e. The Bertz CT molecular complexity index is 197. The van der Waals surface area contributed by atoms with Crippen LogP contribution in [-0.2, 0) is 4.79 Å². The monoisotopic (exact) mass is 200 g/mol. The Labute approximate surface area is 87.7 Å². The fourth-order valence-corrected chi connectivity index (χ4v) is 1.03. The average Bonchev–Trinajstić information content (AvgIpc) is 1.98. The number of carbonyl (C=O) groups is 1. The maximum absolute atomic E-state index is 11.6. The van der Waals surface area contributed by atoms with Gasteiger partial charge in [-0.3, -0.25) is 4.79 Å². The predicted molar refractivity (Wildman–Crippen MR) is 59.2 cm³/mol. The molecule has 0 rings (SSSR count). The van der Waals surface area contributed by atoms with Gasteiger partial charge in [-0.15, -0.1) is 0 Å². The number of rotatable bonds is 4. The largest absolute Gasteiger partial charge is 0.390 e. The van der Waals surface area contributed by atoms with Crippen LogP contribution in [-0.4, -0.2) is 16.5 Å². The number of aliphatic hydroxyl groups is 1. The Kier molecular flexibility index (Phi) is 4.32. The second kappa shape index (κ2) is 4.43. The van der Waals surface area contributed by atoms with E-state index in [4.69, 9.17) is 0 Å². The molecule has 0 amide bonds. The summed E-state index contributed by atoms with van der Waals surface area (Å²) in [6, 6.07) is 0. The molecule has 2 nitrogen and oxygen atoms in total. The van der Waals surface area contributed by atoms with Crippen molar-refractivity contribution >= 4 is 5.78 Å². The number of carbonyl (C=O) groups excluding carboxylic acids is 1. The molecule has 0 bridgehead atoms. The van der Waals surface area contributed by atoms with Gasteiger partial charge in [0.2, 0.25) is 0 Å². The molecule has 0 saturated heterocycles. The standard InChI is InChI=1S/C12H24O2/c1-9(2)12(6,14)8-7-10(13)11(3,4)5/h9,14H,7-8H2,1-6H3. The van der Waals surface area contributed by atoms with Crippen LogP contribution in [0.2, 0.25) is 0 Å². The minimum atomic E-state index is -0.721. The van der Waals surface area contributed by atoms with Crippen LogP contribution in [0.3, 0.4) is 0 Å². The Morgan fingerprint density at radius 2 is 1.64 bits per heavy atom. The lowest BCUT2D eigenvalue weighted by Crippen LogP contribution is -2.33. The van der Waals surface area contributed by atoms with E-state index in [0.29, 0.717) is 12.8 Å². The van der Waals surface area contributed by atoms with Crippen LogP contribution in [0, 0.1) is 11.3 Å². The Morgan fingerprint density at radius 3 is 1.93 bits per heavy atom. The first kappa shape index (κ1) is 13.6. The lowest BCUT2D eigenvalue weighted by atomic mass is 9.82. The summed E-state index contributed by atoms with van der Waals surface area (Å²) >= 11 is 0. The molecule has 0 aromatic rings. The summed E-state index contributed by atoms with van der Waals surface area (Å²) in [6.45, 7) is 11.5. The molecular formula is C12H24O2. The molecule has 0 aliphatic rings. The molecule has 0 aromatic carbocycles. The summed E-state index contributed by atoms with van der Waals surface area (Å²) in [6.07, 6.45) is 1.02. The molecule has 0 spiro atoms. The lowest BCUT2D eigenvalue weighted by Gasteiger charge is -2.28. The second-order valence-corrected chi connectivity index (χ2v) is 5.69. The fourth-order valence-electron chi connectivity index (χ4n) is 1.03. The third-order valence-electron chi connectivity index (χ3n) is 2.94. The maximum Gasteiger partial charge on any atom is 0.138 e. The number of ketones is 1. The molecule has 0 aromatic heterocycles. The number of hydrogen-bond donors (Lipinski definition) is 1. The third-order valence-corrected chi connectivity index (χ3v) is 2.94. The van der Waals surface area contributed by atoms with Gasteiger partial charge in [-0.2, -0.15) is 0 Å². The first-order valence-corrected chi connectivity index (χ1v) is 5.33. The number of hydrogen-bond acceptors (Lipinski definition) is 2. The van der Waals surface area contributed by atoms with Crippen molar-refractivity contribution in [3.05, 3.63) is 0 Å². The minimum Gasteiger partial charge on any atom is -0.390 e. The van der Waals surface area contributed by atoms with E-state index in [0.717, 1.165) is 0 Å². The van der Waals surface area contributed by atoms with E-state index in [9.17, 15) is 9.90 Å². The highest BCUT2D eigenvalue weighted by molar-refractivity contribution is 5.83. The Hall–Kier alpha value is -0.370. The molecule has 0 heterocycles. The van der Waals surface area contributed by atoms with Crippen molar-refractivity contribution in [1.82, 2.24) is 0 Å². The molecule has 1 unspecified atom stereocenters. The molecule has 0 aliphatic carbocycles. The van der Waals surface area contributed by atoms with Gasteiger partial charge in [0.25, 0.3) is 0 Å². The summed E-state index contributed by atoms with van der Waals surface area (Å²) in [5.41, 5.74) is -1.01. The van der Waals surface area contributed by atoms with Crippen molar-refractivity contribution in [1.29, 1.82) is 0 Å². The van der Waals surface area contributed by atoms with Crippen LogP contribution in [0.25, 0.3) is 0 Å². The lowest BCUT2D eigenvalue weighted by molar-refractivity contribution is -0.128. The summed E-state index contributed by atoms with van der Waals surface area (Å²) < 4.78 is 0. The quantitative estimate of drug-likeness (QED) is 0.757. The van der Waals surface area contributed by atoms with Crippen molar-refractivity contribution in [3.63, 3.8) is 0 Å². The van der Waals surface area contributed by atoms with Crippen molar-refractivity contribution in [3.8, 4) is 0 Å². The van der Waals surface area contributed by atoms with Gasteiger partial charge in [-0.25, -0.2) is 0 Å². The van der Waals surface area contributed by atoms with Gasteiger partial charge in [0.1, 0.15) is 5.78 Å². The van der Waals surface area contributed by atoms with E-state index >= 15 is 0 Å². The van der Waals surface area contributed by atoms with Crippen molar-refractivity contribution in [2.45, 2.75) is 60.0 Å². The van der Waals surface area contributed by atoms with E-state index in [2.05, 4.69) is 0 Å². The second-order valence-electron chi connectivity index (χ2n) is 5.69. The molecule has 1 N–H and O–H groups in total. The Morgan fingerprint density at radius 1 is 1.21 bits per heavy atom. The summed E-state index contributed by atoms with van der Waals surface area (Å²) in [5.74, 6) is 0.411. The molecule has 2 heteroatoms. The van der Waals surface area contributed by atoms with Gasteiger partial charge in [0, 0.05) is 11.8 Å². The van der Waals surface area contributed by atoms with Crippen molar-refractivity contribution < 1.29 is 9.90 Å². The molecular weight excluding hydrogens is 176 g/mol. The van der Waals surface area contributed by atoms with Gasteiger partial charge in [0.15, 0.2) is 0 Å². The molecule has 84 valence electrons. The topological polar surface area (TPSA) is 37.3 Å². The maximum atomic E-state index is 11.6. The van der Waals surface area contributed by atoms with Crippen LogP contribution >= 0.6 is 0 Å². The third kappa shape index (κ3) is 4.23. The predicted octanol–water partition coefficient (Wildman–Crippen LogP) is 2.79. The first-order valence-electron chi connectivity index (χ1n) is 5.33. The molecule has 0 fully saturated rings. The van der Waals surface area contributed by atoms with Crippen LogP contribution in [0.4, 0.5) is 0 Å². The average molecular weight is 200 g/mol. The fraction of sp³-hybridized carbons (Fsp3) is 0.917. The highest BCUT2D eigenvalue weighted by atomic mass is 16.3. The van der Waals surface area contributed by atoms with Gasteiger partial charge in [0.05, 0.1) is 5.60 Å². The number of Topliss-reactive ketones (excluding diaryl/α,β-unsaturated/α-hetero) is 1. The zero-order valence-electron chi connectivity index (χ0n) is 10.3. The van der Waals surface area contributed by atoms with Crippen molar-refractivity contribution in [2.24, 2.45) is 11.3 Å². The van der Waals surface area contributed by atoms with Crippen molar-refractivity contribution in [2.75, 3.05) is 0 Å². The molecule has 1 atom stereocenters. The molecule has 14 heavy (non-hydrogen) atoms. The van der Waals surface area contributed by atoms with Crippen LogP contribution in [0.5, 0.6) is 0 Å². The van der Waals surface area contributed by atoms with Crippen LogP contribution in [0.1, 0.15) is 54.4 Å². The summed E-state index contributed by atoms with van der Waals surface area (Å²) in [4.78, 5) is 11.6. The summed E-state index contributed by atoms with van der Waals surface area (Å²) in [5, 5.41) is 9.95. The highest BCUT2D eigenvalue weighted by Gasteiger charge is 2.28. The highest BCUT2D eigenvalue weighted by Crippen LogP contribution is 2.25. The van der Waals surface area contributed by atoms with Gasteiger partial charge in [-0.1, -0.05) is 34.6 Å². The SMILES string of the molecule is CC(C)C(C)(O)CCC(=O)C(C)(C)C. The minimum absolute atomic E-state index is 0.190. The van der Waals surface area contributed by atoms with Gasteiger partial charge >= 0.3 is 0 Å². The molecule has 0 aliphatic heterocycles. The zero-order valence-corrected chi connectivity index (χ0v) is 10.3. The van der Waals surface area contributed by atoms with Crippen LogP contribution < -0.4 is 0 Å². The normalized spacial score (nSPS) is 16.9. The van der Waals surface area contributed by atoms with Gasteiger partial charge < -0.3 is 5.11 Å². The first-order chi connectivity index (χ1) is 6.07.